The number of carbonyl (C=O) groups excluding carboxylic acids is 1. The third-order valence-corrected chi connectivity index (χ3v) is 13.7. The van der Waals surface area contributed by atoms with Crippen molar-refractivity contribution in [3.63, 3.8) is 0 Å². The molecule has 0 bridgehead atoms. The number of nitrogens with zero attached hydrogens (tertiary/aromatic N) is 2. The van der Waals surface area contributed by atoms with E-state index in [1.807, 2.05) is 18.2 Å². The molecular formula is C44H56F3N5O8. The van der Waals surface area contributed by atoms with Crippen LogP contribution in [0.2, 0.25) is 0 Å². The van der Waals surface area contributed by atoms with Gasteiger partial charge in [0, 0.05) is 18.5 Å². The van der Waals surface area contributed by atoms with Gasteiger partial charge in [-0.2, -0.15) is 13.2 Å². The topological polar surface area (TPSA) is 166 Å². The lowest BCUT2D eigenvalue weighted by atomic mass is 9.50. The van der Waals surface area contributed by atoms with Crippen molar-refractivity contribution < 1.29 is 51.9 Å². The zero-order valence-electron chi connectivity index (χ0n) is 33.7. The van der Waals surface area contributed by atoms with Crippen molar-refractivity contribution in [3.05, 3.63) is 83.3 Å². The Morgan fingerprint density at radius 3 is 2.63 bits per heavy atom. The summed E-state index contributed by atoms with van der Waals surface area (Å²) in [7, 11) is 0. The molecule has 16 heteroatoms. The van der Waals surface area contributed by atoms with Crippen molar-refractivity contribution in [2.24, 2.45) is 17.3 Å². The molecule has 3 aromatic rings. The number of rotatable bonds is 18. The van der Waals surface area contributed by atoms with Crippen LogP contribution in [0.1, 0.15) is 66.8 Å². The molecule has 3 aliphatic carbocycles. The molecule has 1 amide bonds. The Morgan fingerprint density at radius 2 is 1.82 bits per heavy atom. The highest BCUT2D eigenvalue weighted by atomic mass is 19.4. The minimum atomic E-state index is -4.68. The van der Waals surface area contributed by atoms with Crippen LogP contribution in [0.25, 0.3) is 0 Å². The van der Waals surface area contributed by atoms with Gasteiger partial charge < -0.3 is 49.8 Å². The molecule has 5 N–H and O–H groups in total. The summed E-state index contributed by atoms with van der Waals surface area (Å²) >= 11 is 0. The van der Waals surface area contributed by atoms with Crippen molar-refractivity contribution in [1.82, 2.24) is 20.6 Å². The van der Waals surface area contributed by atoms with Gasteiger partial charge in [0.2, 0.25) is 5.91 Å². The molecule has 2 aromatic carbocycles. The summed E-state index contributed by atoms with van der Waals surface area (Å²) < 4.78 is 68.3. The largest absolute Gasteiger partial charge is 0.489 e. The van der Waals surface area contributed by atoms with Gasteiger partial charge in [0.1, 0.15) is 43.1 Å². The minimum absolute atomic E-state index is 0.0216. The number of aryl methyl sites for hydroxylation is 1. The van der Waals surface area contributed by atoms with E-state index in [9.17, 15) is 28.2 Å². The number of carbonyl (C=O) groups is 1. The zero-order chi connectivity index (χ0) is 41.7. The third-order valence-electron chi connectivity index (χ3n) is 13.7. The molecule has 4 fully saturated rings. The van der Waals surface area contributed by atoms with Crippen molar-refractivity contribution in [1.29, 1.82) is 0 Å². The minimum Gasteiger partial charge on any atom is -0.489 e. The van der Waals surface area contributed by atoms with Gasteiger partial charge in [-0.05, 0) is 98.1 Å². The Labute approximate surface area is 348 Å². The highest BCUT2D eigenvalue weighted by Crippen LogP contribution is 2.70. The predicted octanol–water partition coefficient (Wildman–Crippen LogP) is 4.41. The van der Waals surface area contributed by atoms with E-state index in [1.54, 1.807) is 0 Å². The average molecular weight is 840 g/mol. The first kappa shape index (κ1) is 42.8. The fraction of sp³-hybridized carbons (Fsp3) is 0.614. The number of anilines is 1. The molecule has 9 atom stereocenters. The third kappa shape index (κ3) is 9.15. The van der Waals surface area contributed by atoms with Crippen LogP contribution in [0.4, 0.5) is 19.0 Å². The van der Waals surface area contributed by atoms with Crippen molar-refractivity contribution >= 4 is 11.7 Å². The second-order valence-corrected chi connectivity index (χ2v) is 16.9. The number of benzene rings is 2. The van der Waals surface area contributed by atoms with Gasteiger partial charge in [-0.15, -0.1) is 0 Å². The number of ether oxygens (including phenoxy) is 5. The molecule has 1 spiro atoms. The fourth-order valence-corrected chi connectivity index (χ4v) is 10.6. The maximum absolute atomic E-state index is 13.0. The lowest BCUT2D eigenvalue weighted by Crippen LogP contribution is -2.65. The highest BCUT2D eigenvalue weighted by Gasteiger charge is 2.70. The molecule has 8 rings (SSSR count). The molecule has 326 valence electrons. The fourth-order valence-electron chi connectivity index (χ4n) is 10.6. The summed E-state index contributed by atoms with van der Waals surface area (Å²) in [6, 6.07) is 16.2. The van der Waals surface area contributed by atoms with E-state index in [0.29, 0.717) is 55.7 Å². The maximum Gasteiger partial charge on any atom is 0.434 e. The summed E-state index contributed by atoms with van der Waals surface area (Å²) in [6.07, 6.45) is 1.42. The van der Waals surface area contributed by atoms with Crippen LogP contribution in [0.5, 0.6) is 5.75 Å². The van der Waals surface area contributed by atoms with Crippen LogP contribution in [0.15, 0.2) is 60.9 Å². The van der Waals surface area contributed by atoms with Crippen LogP contribution in [-0.2, 0) is 42.9 Å². The number of halogens is 3. The highest BCUT2D eigenvalue weighted by molar-refractivity contribution is 5.77. The molecule has 3 heterocycles. The number of hydrogen-bond acceptors (Lipinski definition) is 12. The van der Waals surface area contributed by atoms with E-state index in [4.69, 9.17) is 23.7 Å². The zero-order valence-corrected chi connectivity index (χ0v) is 33.7. The lowest BCUT2D eigenvalue weighted by Gasteiger charge is -2.62. The number of amides is 1. The Morgan fingerprint density at radius 1 is 0.967 bits per heavy atom. The first-order valence-electron chi connectivity index (χ1n) is 21.3. The molecule has 1 aromatic heterocycles. The summed E-state index contributed by atoms with van der Waals surface area (Å²) in [5.74, 6) is 2.36. The Balaban J connectivity index is 0.678. The van der Waals surface area contributed by atoms with E-state index in [0.717, 1.165) is 44.4 Å². The van der Waals surface area contributed by atoms with Crippen LogP contribution in [0, 0.1) is 17.3 Å². The van der Waals surface area contributed by atoms with Gasteiger partial charge in [0.25, 0.3) is 0 Å². The smallest absolute Gasteiger partial charge is 0.434 e. The van der Waals surface area contributed by atoms with Gasteiger partial charge in [0.15, 0.2) is 5.69 Å². The van der Waals surface area contributed by atoms with E-state index < -0.39 is 42.1 Å². The number of hydrogen-bond donors (Lipinski definition) is 5. The first-order valence-corrected chi connectivity index (χ1v) is 21.3. The Kier molecular flexibility index (Phi) is 13.3. The number of aliphatic hydroxyl groups is 2. The summed E-state index contributed by atoms with van der Waals surface area (Å²) in [4.78, 5) is 19.3. The van der Waals surface area contributed by atoms with Crippen LogP contribution in [-0.4, -0.2) is 115 Å². The summed E-state index contributed by atoms with van der Waals surface area (Å²) in [6.45, 7) is 3.62. The molecule has 2 aliphatic heterocycles. The maximum atomic E-state index is 13.0. The summed E-state index contributed by atoms with van der Waals surface area (Å²) in [5, 5.41) is 29.8. The summed E-state index contributed by atoms with van der Waals surface area (Å²) in [5.41, 5.74) is 3.26. The quantitative estimate of drug-likeness (QED) is 0.115. The van der Waals surface area contributed by atoms with Gasteiger partial charge in [-0.1, -0.05) is 36.4 Å². The number of aliphatic hydroxyl groups excluding tert-OH is 2. The normalized spacial score (nSPS) is 30.6. The molecule has 2 saturated carbocycles. The van der Waals surface area contributed by atoms with E-state index in [-0.39, 0.29) is 37.8 Å². The first-order chi connectivity index (χ1) is 29.1. The Bertz CT molecular complexity index is 1910. The van der Waals surface area contributed by atoms with E-state index >= 15 is 0 Å². The number of aromatic nitrogens is 2. The molecule has 60 heavy (non-hydrogen) atoms. The average Bonchev–Trinajstić information content (AvgIpc) is 3.47. The number of nitrogens with one attached hydrogen (secondary N) is 3. The van der Waals surface area contributed by atoms with Gasteiger partial charge in [0.05, 0.1) is 57.1 Å². The number of fused-ring (bicyclic) bond motifs is 4. The molecule has 0 unspecified atom stereocenters. The van der Waals surface area contributed by atoms with E-state index in [1.165, 1.54) is 42.4 Å². The molecular weight excluding hydrogens is 784 g/mol. The Hall–Kier alpha value is -3.90. The second-order valence-electron chi connectivity index (χ2n) is 16.9. The van der Waals surface area contributed by atoms with Crippen molar-refractivity contribution in [3.8, 4) is 5.75 Å². The standard InChI is InChI=1S/C44H56F3N5O8/c45-44(46,47)37-22-49-23-38(52-37)51-35-25-59-36(41(55)40(35)54)21-50-39(53)26-57-19-18-56-17-16-48-15-14-43-13-11-34-33-8-6-29-20-30(58-24-28-4-2-1-3-5-28)7-9-31(29)32(33)10-12-42(34,43)27-60-43/h1-5,7,9,20,22-23,32-36,40-41,48,54-55H,6,8,10-19,21,24-27H2,(H,50,53)(H,51,52)/t32-,33-,34+,35+,36-,40-,41+,42-,43-/m1/s1. The lowest BCUT2D eigenvalue weighted by molar-refractivity contribution is -0.283. The molecule has 0 radical (unpaired) electrons. The predicted molar refractivity (Wildman–Crippen MR) is 213 cm³/mol. The molecule has 13 nitrogen and oxygen atoms in total. The molecule has 5 aliphatic rings. The molecule has 2 saturated heterocycles. The van der Waals surface area contributed by atoms with Crippen LogP contribution in [0.3, 0.4) is 0 Å². The second kappa shape index (κ2) is 18.6. The monoisotopic (exact) mass is 839 g/mol. The van der Waals surface area contributed by atoms with Gasteiger partial charge >= 0.3 is 6.18 Å². The number of alkyl halides is 3. The van der Waals surface area contributed by atoms with Crippen LogP contribution >= 0.6 is 0 Å². The van der Waals surface area contributed by atoms with Crippen molar-refractivity contribution in [2.75, 3.05) is 64.6 Å². The SMILES string of the molecule is O=C(COCCOCCNCC[C@]12CC[C@H]3[C@@H]4CCc5cc(OCc6ccccc6)ccc5[C@H]4CC[C@@]31CO2)NC[C@H]1OC[C@H](Nc2cncc(C(F)(F)F)n2)[C@@H](O)[C@H]1O. The van der Waals surface area contributed by atoms with Gasteiger partial charge in [-0.3, -0.25) is 9.78 Å². The van der Waals surface area contributed by atoms with Crippen molar-refractivity contribution in [2.45, 2.75) is 93.6 Å². The van der Waals surface area contributed by atoms with Crippen LogP contribution < -0.4 is 20.7 Å². The van der Waals surface area contributed by atoms with Gasteiger partial charge in [-0.25, -0.2) is 4.98 Å². The van der Waals surface area contributed by atoms with E-state index in [2.05, 4.69) is 56.3 Å².